The molecule has 26 heavy (non-hydrogen) atoms. The maximum Gasteiger partial charge on any atom is 0.231 e. The highest BCUT2D eigenvalue weighted by molar-refractivity contribution is 6.14. The zero-order valence-corrected chi connectivity index (χ0v) is 14.5. The van der Waals surface area contributed by atoms with Crippen molar-refractivity contribution in [3.05, 3.63) is 59.4 Å². The Hall–Kier alpha value is -2.79. The van der Waals surface area contributed by atoms with Gasteiger partial charge in [-0.2, -0.15) is 0 Å². The summed E-state index contributed by atoms with van der Waals surface area (Å²) in [6.07, 6.45) is 4.21. The molecule has 0 spiro atoms. The highest BCUT2D eigenvalue weighted by atomic mass is 16.5. The maximum atomic E-state index is 12.5. The van der Waals surface area contributed by atoms with Crippen LogP contribution in [0.2, 0.25) is 0 Å². The summed E-state index contributed by atoms with van der Waals surface area (Å²) in [6, 6.07) is 11.9. The molecule has 0 amide bonds. The molecule has 2 aliphatic rings. The number of likely N-dealkylation sites (tertiary alicyclic amines) is 1. The Bertz CT molecular complexity index is 836. The van der Waals surface area contributed by atoms with Gasteiger partial charge in [-0.15, -0.1) is 0 Å². The molecule has 0 bridgehead atoms. The molecular formula is C21H21NO4. The van der Waals surface area contributed by atoms with Gasteiger partial charge in [-0.25, -0.2) is 0 Å². The molecule has 0 aliphatic carbocycles. The van der Waals surface area contributed by atoms with Crippen LogP contribution in [0.15, 0.2) is 48.2 Å². The van der Waals surface area contributed by atoms with E-state index >= 15 is 0 Å². The third kappa shape index (κ3) is 3.58. The second kappa shape index (κ2) is 7.22. The van der Waals surface area contributed by atoms with Gasteiger partial charge < -0.3 is 14.6 Å². The van der Waals surface area contributed by atoms with E-state index < -0.39 is 0 Å². The number of carbonyl (C=O) groups excluding carboxylic acids is 1. The van der Waals surface area contributed by atoms with Crippen LogP contribution in [0.1, 0.15) is 28.8 Å². The zero-order chi connectivity index (χ0) is 17.9. The maximum absolute atomic E-state index is 12.5. The van der Waals surface area contributed by atoms with Crippen molar-refractivity contribution in [1.29, 1.82) is 0 Å². The molecule has 2 aromatic carbocycles. The van der Waals surface area contributed by atoms with Gasteiger partial charge in [0, 0.05) is 12.6 Å². The van der Waals surface area contributed by atoms with Gasteiger partial charge >= 0.3 is 0 Å². The van der Waals surface area contributed by atoms with Gasteiger partial charge in [-0.1, -0.05) is 12.1 Å². The first-order chi connectivity index (χ1) is 12.7. The number of allylic oxidation sites excluding steroid dienone is 1. The number of hydrogen-bond donors (Lipinski definition) is 1. The quantitative estimate of drug-likeness (QED) is 0.836. The Morgan fingerprint density at radius 3 is 2.65 bits per heavy atom. The first-order valence-corrected chi connectivity index (χ1v) is 8.91. The van der Waals surface area contributed by atoms with Crippen LogP contribution in [0.4, 0.5) is 0 Å². The van der Waals surface area contributed by atoms with Gasteiger partial charge in [-0.05, 0) is 61.8 Å². The molecule has 2 aromatic rings. The number of rotatable bonds is 5. The third-order valence-electron chi connectivity index (χ3n) is 4.71. The van der Waals surface area contributed by atoms with Crippen molar-refractivity contribution in [2.75, 3.05) is 26.2 Å². The number of hydrogen-bond acceptors (Lipinski definition) is 5. The summed E-state index contributed by atoms with van der Waals surface area (Å²) >= 11 is 0. The normalized spacial score (nSPS) is 18.2. The van der Waals surface area contributed by atoms with Crippen molar-refractivity contribution >= 4 is 11.9 Å². The molecule has 0 radical (unpaired) electrons. The minimum absolute atomic E-state index is 0.142. The summed E-state index contributed by atoms with van der Waals surface area (Å²) < 4.78 is 11.5. The summed E-state index contributed by atoms with van der Waals surface area (Å²) in [4.78, 5) is 14.9. The van der Waals surface area contributed by atoms with E-state index in [1.54, 1.807) is 42.5 Å². The second-order valence-electron chi connectivity index (χ2n) is 6.59. The van der Waals surface area contributed by atoms with Gasteiger partial charge in [0.2, 0.25) is 5.78 Å². The monoisotopic (exact) mass is 351 g/mol. The molecule has 5 heteroatoms. The number of ether oxygens (including phenoxy) is 2. The second-order valence-corrected chi connectivity index (χ2v) is 6.59. The van der Waals surface area contributed by atoms with Crippen molar-refractivity contribution in [2.24, 2.45) is 0 Å². The van der Waals surface area contributed by atoms with E-state index in [0.29, 0.717) is 23.7 Å². The number of phenolic OH excluding ortho intramolecular Hbond substituents is 1. The molecule has 2 heterocycles. The van der Waals surface area contributed by atoms with E-state index in [2.05, 4.69) is 4.90 Å². The Balaban J connectivity index is 1.43. The van der Waals surface area contributed by atoms with Crippen LogP contribution in [-0.2, 0) is 0 Å². The summed E-state index contributed by atoms with van der Waals surface area (Å²) in [5.74, 6) is 1.56. The number of Topliss-reactive ketones (excluding diaryl/α,β-unsaturated/α-hetero) is 1. The Morgan fingerprint density at radius 1 is 1.12 bits per heavy atom. The fourth-order valence-electron chi connectivity index (χ4n) is 3.28. The Morgan fingerprint density at radius 2 is 1.88 bits per heavy atom. The van der Waals surface area contributed by atoms with Gasteiger partial charge in [-0.3, -0.25) is 9.69 Å². The standard InChI is InChI=1S/C21H21NO4/c23-16-5-3-15(4-6-16)13-20-21(24)18-8-7-17(14-19(18)26-20)25-12-11-22-9-1-2-10-22/h3-8,13-14,23H,1-2,9-12H2/b20-13+. The molecule has 134 valence electrons. The molecular weight excluding hydrogens is 330 g/mol. The van der Waals surface area contributed by atoms with Gasteiger partial charge in [0.1, 0.15) is 23.9 Å². The molecule has 0 unspecified atom stereocenters. The minimum Gasteiger partial charge on any atom is -0.508 e. The van der Waals surface area contributed by atoms with Gasteiger partial charge in [0.25, 0.3) is 0 Å². The lowest BCUT2D eigenvalue weighted by Crippen LogP contribution is -2.25. The zero-order valence-electron chi connectivity index (χ0n) is 14.5. The molecule has 5 nitrogen and oxygen atoms in total. The number of benzene rings is 2. The van der Waals surface area contributed by atoms with Crippen LogP contribution in [0, 0.1) is 0 Å². The average Bonchev–Trinajstić information content (AvgIpc) is 3.26. The molecule has 1 N–H and O–H groups in total. The average molecular weight is 351 g/mol. The van der Waals surface area contributed by atoms with Crippen molar-refractivity contribution < 1.29 is 19.4 Å². The lowest BCUT2D eigenvalue weighted by atomic mass is 10.1. The van der Waals surface area contributed by atoms with E-state index in [4.69, 9.17) is 9.47 Å². The fraction of sp³-hybridized carbons (Fsp3) is 0.286. The fourth-order valence-corrected chi connectivity index (χ4v) is 3.28. The number of nitrogens with zero attached hydrogens (tertiary/aromatic N) is 1. The largest absolute Gasteiger partial charge is 0.508 e. The summed E-state index contributed by atoms with van der Waals surface area (Å²) in [7, 11) is 0. The minimum atomic E-state index is -0.142. The number of phenols is 1. The van der Waals surface area contributed by atoms with Crippen LogP contribution < -0.4 is 9.47 Å². The highest BCUT2D eigenvalue weighted by Gasteiger charge is 2.27. The van der Waals surface area contributed by atoms with Gasteiger partial charge in [0.15, 0.2) is 5.76 Å². The molecule has 0 aromatic heterocycles. The summed E-state index contributed by atoms with van der Waals surface area (Å²) in [5, 5.41) is 9.35. The van der Waals surface area contributed by atoms with E-state index in [9.17, 15) is 9.90 Å². The van der Waals surface area contributed by atoms with E-state index in [1.807, 2.05) is 6.07 Å². The SMILES string of the molecule is O=C1/C(=C\c2ccc(O)cc2)Oc2cc(OCCN3CCCC3)ccc21. The smallest absolute Gasteiger partial charge is 0.231 e. The molecule has 4 rings (SSSR count). The molecule has 1 fully saturated rings. The van der Waals surface area contributed by atoms with Crippen LogP contribution in [0.5, 0.6) is 17.2 Å². The van der Waals surface area contributed by atoms with Crippen molar-refractivity contribution in [2.45, 2.75) is 12.8 Å². The number of fused-ring (bicyclic) bond motifs is 1. The molecule has 1 saturated heterocycles. The predicted molar refractivity (Wildman–Crippen MR) is 98.7 cm³/mol. The molecule has 0 atom stereocenters. The lowest BCUT2D eigenvalue weighted by Gasteiger charge is -2.15. The van der Waals surface area contributed by atoms with Crippen molar-refractivity contribution in [1.82, 2.24) is 4.90 Å². The lowest BCUT2D eigenvalue weighted by molar-refractivity contribution is 0.101. The first-order valence-electron chi connectivity index (χ1n) is 8.91. The Kier molecular flexibility index (Phi) is 4.63. The van der Waals surface area contributed by atoms with E-state index in [-0.39, 0.29) is 17.3 Å². The first kappa shape index (κ1) is 16.7. The van der Waals surface area contributed by atoms with Crippen LogP contribution >= 0.6 is 0 Å². The van der Waals surface area contributed by atoms with E-state index in [1.165, 1.54) is 12.8 Å². The topological polar surface area (TPSA) is 59.0 Å². The third-order valence-corrected chi connectivity index (χ3v) is 4.71. The van der Waals surface area contributed by atoms with Crippen LogP contribution in [-0.4, -0.2) is 42.0 Å². The van der Waals surface area contributed by atoms with Crippen molar-refractivity contribution in [3.8, 4) is 17.2 Å². The highest BCUT2D eigenvalue weighted by Crippen LogP contribution is 2.35. The molecule has 2 aliphatic heterocycles. The van der Waals surface area contributed by atoms with Crippen LogP contribution in [0.3, 0.4) is 0 Å². The summed E-state index contributed by atoms with van der Waals surface area (Å²) in [5.41, 5.74) is 1.34. The van der Waals surface area contributed by atoms with E-state index in [0.717, 1.165) is 25.2 Å². The van der Waals surface area contributed by atoms with Gasteiger partial charge in [0.05, 0.1) is 5.56 Å². The predicted octanol–water partition coefficient (Wildman–Crippen LogP) is 3.48. The number of ketones is 1. The number of carbonyl (C=O) groups is 1. The van der Waals surface area contributed by atoms with Crippen LogP contribution in [0.25, 0.3) is 6.08 Å². The number of aromatic hydroxyl groups is 1. The summed E-state index contributed by atoms with van der Waals surface area (Å²) in [6.45, 7) is 3.85. The molecule has 0 saturated carbocycles. The van der Waals surface area contributed by atoms with Crippen molar-refractivity contribution in [3.63, 3.8) is 0 Å². The Labute approximate surface area is 152 Å².